The van der Waals surface area contributed by atoms with Gasteiger partial charge in [0.2, 0.25) is 0 Å². The molecule has 6 heteroatoms. The lowest BCUT2D eigenvalue weighted by Gasteiger charge is -2.20. The minimum atomic E-state index is 0.00894. The predicted octanol–water partition coefficient (Wildman–Crippen LogP) is 2.40. The van der Waals surface area contributed by atoms with Crippen LogP contribution in [0.25, 0.3) is 0 Å². The number of thiophene rings is 1. The molecule has 0 spiro atoms. The molecular formula is C11H11N3OS2. The highest BCUT2D eigenvalue weighted by molar-refractivity contribution is 7.09. The number of rotatable bonds is 4. The van der Waals surface area contributed by atoms with Crippen LogP contribution in [0.5, 0.6) is 0 Å². The van der Waals surface area contributed by atoms with Crippen LogP contribution in [0.1, 0.15) is 28.2 Å². The van der Waals surface area contributed by atoms with Gasteiger partial charge in [-0.05, 0) is 24.3 Å². The van der Waals surface area contributed by atoms with Crippen molar-refractivity contribution in [2.24, 2.45) is 0 Å². The summed E-state index contributed by atoms with van der Waals surface area (Å²) in [5, 5.41) is 2.04. The summed E-state index contributed by atoms with van der Waals surface area (Å²) in [7, 11) is 0. The van der Waals surface area contributed by atoms with Gasteiger partial charge < -0.3 is 4.90 Å². The van der Waals surface area contributed by atoms with Crippen LogP contribution in [0, 0.1) is 0 Å². The van der Waals surface area contributed by atoms with Crippen LogP contribution < -0.4 is 0 Å². The number of carbonyl (C=O) groups excluding carboxylic acids is 1. The van der Waals surface area contributed by atoms with Crippen LogP contribution >= 0.6 is 23.1 Å². The molecule has 1 saturated carbocycles. The molecule has 1 aliphatic rings. The van der Waals surface area contributed by atoms with E-state index in [9.17, 15) is 4.79 Å². The second-order valence-electron chi connectivity index (χ2n) is 4.04. The van der Waals surface area contributed by atoms with E-state index in [-0.39, 0.29) is 5.91 Å². The Morgan fingerprint density at radius 2 is 2.41 bits per heavy atom. The lowest BCUT2D eigenvalue weighted by atomic mass is 10.3. The molecule has 0 N–H and O–H groups in total. The van der Waals surface area contributed by atoms with Crippen molar-refractivity contribution in [3.63, 3.8) is 0 Å². The van der Waals surface area contributed by atoms with E-state index in [1.54, 1.807) is 17.5 Å². The van der Waals surface area contributed by atoms with Crippen molar-refractivity contribution in [2.45, 2.75) is 25.4 Å². The van der Waals surface area contributed by atoms with E-state index in [2.05, 4.69) is 14.8 Å². The van der Waals surface area contributed by atoms with Crippen molar-refractivity contribution in [1.82, 2.24) is 13.6 Å². The van der Waals surface area contributed by atoms with E-state index in [4.69, 9.17) is 0 Å². The third-order valence-corrected chi connectivity index (χ3v) is 4.07. The van der Waals surface area contributed by atoms with Gasteiger partial charge in [-0.15, -0.1) is 11.3 Å². The topological polar surface area (TPSA) is 46.1 Å². The minimum Gasteiger partial charge on any atom is -0.329 e. The molecule has 1 amide bonds. The van der Waals surface area contributed by atoms with Crippen LogP contribution in [0.3, 0.4) is 0 Å². The lowest BCUT2D eigenvalue weighted by molar-refractivity contribution is 0.0727. The monoisotopic (exact) mass is 265 g/mol. The molecule has 0 saturated heterocycles. The van der Waals surface area contributed by atoms with Gasteiger partial charge in [-0.2, -0.15) is 8.75 Å². The van der Waals surface area contributed by atoms with Crippen molar-refractivity contribution in [3.8, 4) is 0 Å². The Morgan fingerprint density at radius 1 is 1.53 bits per heavy atom. The fourth-order valence-corrected chi connectivity index (χ4v) is 2.84. The summed E-state index contributed by atoms with van der Waals surface area (Å²) in [6, 6.07) is 4.47. The molecule has 1 aliphatic carbocycles. The summed E-state index contributed by atoms with van der Waals surface area (Å²) in [6.07, 6.45) is 3.76. The van der Waals surface area contributed by atoms with Gasteiger partial charge in [0.1, 0.15) is 0 Å². The number of hydrogen-bond acceptors (Lipinski definition) is 5. The Labute approximate surface area is 107 Å². The van der Waals surface area contributed by atoms with Crippen molar-refractivity contribution >= 4 is 29.0 Å². The van der Waals surface area contributed by atoms with E-state index < -0.39 is 0 Å². The zero-order valence-electron chi connectivity index (χ0n) is 9.07. The molecule has 0 bridgehead atoms. The van der Waals surface area contributed by atoms with Crippen LogP contribution in [0.15, 0.2) is 23.7 Å². The zero-order chi connectivity index (χ0) is 11.7. The van der Waals surface area contributed by atoms with E-state index in [1.165, 1.54) is 4.88 Å². The molecule has 0 aromatic carbocycles. The second kappa shape index (κ2) is 4.54. The summed E-state index contributed by atoms with van der Waals surface area (Å²) < 4.78 is 7.91. The quantitative estimate of drug-likeness (QED) is 0.852. The van der Waals surface area contributed by atoms with Gasteiger partial charge in [-0.25, -0.2) is 0 Å². The lowest BCUT2D eigenvalue weighted by Crippen LogP contribution is -2.32. The van der Waals surface area contributed by atoms with Gasteiger partial charge >= 0.3 is 0 Å². The Morgan fingerprint density at radius 3 is 3.00 bits per heavy atom. The number of nitrogens with zero attached hydrogens (tertiary/aromatic N) is 3. The van der Waals surface area contributed by atoms with Crippen molar-refractivity contribution < 1.29 is 4.79 Å². The summed E-state index contributed by atoms with van der Waals surface area (Å²) in [4.78, 5) is 15.4. The summed E-state index contributed by atoms with van der Waals surface area (Å²) in [5.74, 6) is 0.00894. The Kier molecular flexibility index (Phi) is 2.90. The molecular weight excluding hydrogens is 254 g/mol. The molecule has 0 radical (unpaired) electrons. The summed E-state index contributed by atoms with van der Waals surface area (Å²) in [6.45, 7) is 0.693. The minimum absolute atomic E-state index is 0.00894. The van der Waals surface area contributed by atoms with E-state index in [0.29, 0.717) is 18.3 Å². The third kappa shape index (κ3) is 2.37. The Bertz CT molecular complexity index is 491. The standard InChI is InChI=1S/C11H11N3OS2/c15-11(10-6-12-17-13-10)14(8-3-4-8)7-9-2-1-5-16-9/h1-2,5-6,8H,3-4,7H2. The normalized spacial score (nSPS) is 14.8. The Balaban J connectivity index is 1.78. The SMILES string of the molecule is O=C(c1cnsn1)N(Cc1cccs1)C1CC1. The number of hydrogen-bond donors (Lipinski definition) is 0. The maximum absolute atomic E-state index is 12.2. The highest BCUT2D eigenvalue weighted by atomic mass is 32.1. The molecule has 0 unspecified atom stereocenters. The highest BCUT2D eigenvalue weighted by Crippen LogP contribution is 2.30. The number of amides is 1. The maximum Gasteiger partial charge on any atom is 0.275 e. The molecule has 0 aliphatic heterocycles. The number of carbonyl (C=O) groups is 1. The van der Waals surface area contributed by atoms with Crippen LogP contribution in [-0.2, 0) is 6.54 Å². The molecule has 4 nitrogen and oxygen atoms in total. The van der Waals surface area contributed by atoms with E-state index >= 15 is 0 Å². The Hall–Kier alpha value is -1.27. The molecule has 2 heterocycles. The van der Waals surface area contributed by atoms with Crippen LogP contribution in [0.2, 0.25) is 0 Å². The van der Waals surface area contributed by atoms with Crippen molar-refractivity contribution in [2.75, 3.05) is 0 Å². The van der Waals surface area contributed by atoms with Gasteiger partial charge in [0, 0.05) is 10.9 Å². The van der Waals surface area contributed by atoms with E-state index in [0.717, 1.165) is 24.6 Å². The maximum atomic E-state index is 12.2. The second-order valence-corrected chi connectivity index (χ2v) is 5.63. The van der Waals surface area contributed by atoms with Gasteiger partial charge in [0.25, 0.3) is 5.91 Å². The van der Waals surface area contributed by atoms with Gasteiger partial charge in [-0.1, -0.05) is 6.07 Å². The summed E-state index contributed by atoms with van der Waals surface area (Å²) >= 11 is 2.76. The highest BCUT2D eigenvalue weighted by Gasteiger charge is 2.34. The first-order chi connectivity index (χ1) is 8.34. The molecule has 3 rings (SSSR count). The zero-order valence-corrected chi connectivity index (χ0v) is 10.7. The molecule has 88 valence electrons. The van der Waals surface area contributed by atoms with Crippen molar-refractivity contribution in [3.05, 3.63) is 34.3 Å². The van der Waals surface area contributed by atoms with Crippen LogP contribution in [0.4, 0.5) is 0 Å². The molecule has 1 fully saturated rings. The molecule has 0 atom stereocenters. The molecule has 2 aromatic rings. The average Bonchev–Trinajstić information content (AvgIpc) is 2.86. The predicted molar refractivity (Wildman–Crippen MR) is 67.1 cm³/mol. The first-order valence-electron chi connectivity index (χ1n) is 5.45. The largest absolute Gasteiger partial charge is 0.329 e. The molecule has 2 aromatic heterocycles. The fraction of sp³-hybridized carbons (Fsp3) is 0.364. The fourth-order valence-electron chi connectivity index (χ4n) is 1.73. The van der Waals surface area contributed by atoms with E-state index in [1.807, 2.05) is 16.3 Å². The summed E-state index contributed by atoms with van der Waals surface area (Å²) in [5.41, 5.74) is 0.471. The molecule has 17 heavy (non-hydrogen) atoms. The van der Waals surface area contributed by atoms with Gasteiger partial charge in [-0.3, -0.25) is 4.79 Å². The first kappa shape index (κ1) is 10.9. The number of aromatic nitrogens is 2. The average molecular weight is 265 g/mol. The first-order valence-corrected chi connectivity index (χ1v) is 7.06. The van der Waals surface area contributed by atoms with Crippen molar-refractivity contribution in [1.29, 1.82) is 0 Å². The smallest absolute Gasteiger partial charge is 0.275 e. The van der Waals surface area contributed by atoms with Gasteiger partial charge in [0.05, 0.1) is 24.5 Å². The van der Waals surface area contributed by atoms with Crippen LogP contribution in [-0.4, -0.2) is 25.6 Å². The van der Waals surface area contributed by atoms with Gasteiger partial charge in [0.15, 0.2) is 5.69 Å². The third-order valence-electron chi connectivity index (χ3n) is 2.74.